The molecule has 14 nitrogen and oxygen atoms in total. The molecule has 0 saturated carbocycles. The molecule has 1 unspecified atom stereocenters. The van der Waals surface area contributed by atoms with Crippen LogP contribution in [0.15, 0.2) is 30.4 Å². The molecule has 4 aliphatic rings. The van der Waals surface area contributed by atoms with Crippen LogP contribution >= 0.6 is 0 Å². The SMILES string of the molecule is COc1cccc2c1C(=O)c1c(O)c3c(c(O)c1C2=O)C[C@@](O)(C(=O)CO)C[C@@H]3O[C@H]1C[C@H](NC(=O)OC2/C=C/CCCCC2)[C@@H](O)[C@H](C)O1. The van der Waals surface area contributed by atoms with Crippen LogP contribution in [0.1, 0.15) is 101 Å². The zero-order valence-corrected chi connectivity index (χ0v) is 27.7. The van der Waals surface area contributed by atoms with Crippen molar-refractivity contribution in [3.05, 3.63) is 63.7 Å². The number of rotatable bonds is 7. The largest absolute Gasteiger partial charge is 0.507 e. The quantitative estimate of drug-likeness (QED) is 0.155. The number of methoxy groups -OCH3 is 1. The van der Waals surface area contributed by atoms with E-state index in [1.165, 1.54) is 25.3 Å². The van der Waals surface area contributed by atoms with E-state index >= 15 is 0 Å². The number of amides is 1. The predicted molar refractivity (Wildman–Crippen MR) is 173 cm³/mol. The van der Waals surface area contributed by atoms with Crippen molar-refractivity contribution in [1.82, 2.24) is 5.32 Å². The lowest BCUT2D eigenvalue weighted by atomic mass is 9.72. The third kappa shape index (κ3) is 6.37. The lowest BCUT2D eigenvalue weighted by Gasteiger charge is -2.42. The molecule has 6 rings (SSSR count). The number of nitrogens with one attached hydrogen (secondary N) is 1. The van der Waals surface area contributed by atoms with Crippen molar-refractivity contribution in [2.45, 2.75) is 101 Å². The molecule has 6 N–H and O–H groups in total. The van der Waals surface area contributed by atoms with Gasteiger partial charge in [0.05, 0.1) is 42.0 Å². The number of aromatic hydroxyl groups is 2. The van der Waals surface area contributed by atoms with Crippen molar-refractivity contribution in [1.29, 1.82) is 0 Å². The Labute approximate surface area is 287 Å². The fraction of sp³-hybridized carbons (Fsp3) is 0.500. The van der Waals surface area contributed by atoms with E-state index in [2.05, 4.69) is 5.32 Å². The van der Waals surface area contributed by atoms with Crippen LogP contribution in [-0.4, -0.2) is 98.9 Å². The van der Waals surface area contributed by atoms with E-state index in [1.807, 2.05) is 12.2 Å². The molecule has 1 heterocycles. The summed E-state index contributed by atoms with van der Waals surface area (Å²) in [6.45, 7) is 0.487. The maximum Gasteiger partial charge on any atom is 0.408 e. The Morgan fingerprint density at radius 3 is 2.56 bits per heavy atom. The molecule has 0 radical (unpaired) electrons. The third-order valence-corrected chi connectivity index (χ3v) is 10.0. The number of Topliss-reactive ketones (excluding diaryl/α,β-unsaturated/α-hetero) is 1. The molecule has 0 bridgehead atoms. The number of hydrogen-bond donors (Lipinski definition) is 6. The number of carbonyl (C=O) groups excluding carboxylic acids is 4. The van der Waals surface area contributed by atoms with Gasteiger partial charge < -0.3 is 49.8 Å². The summed E-state index contributed by atoms with van der Waals surface area (Å²) in [6.07, 6.45) is 1.13. The van der Waals surface area contributed by atoms with Gasteiger partial charge in [-0.3, -0.25) is 14.4 Å². The second-order valence-corrected chi connectivity index (χ2v) is 13.3. The van der Waals surface area contributed by atoms with Gasteiger partial charge in [-0.05, 0) is 44.7 Å². The van der Waals surface area contributed by atoms with Crippen LogP contribution in [0.4, 0.5) is 4.79 Å². The number of carbonyl (C=O) groups is 4. The number of aliphatic hydroxyl groups is 3. The highest BCUT2D eigenvalue weighted by atomic mass is 16.7. The molecule has 1 aliphatic heterocycles. The molecule has 268 valence electrons. The Morgan fingerprint density at radius 2 is 1.82 bits per heavy atom. The summed E-state index contributed by atoms with van der Waals surface area (Å²) in [6, 6.07) is 3.41. The second-order valence-electron chi connectivity index (χ2n) is 13.3. The Balaban J connectivity index is 1.33. The number of hydrogen-bond acceptors (Lipinski definition) is 13. The molecule has 0 aromatic heterocycles. The summed E-state index contributed by atoms with van der Waals surface area (Å²) >= 11 is 0. The molecule has 2 aromatic rings. The van der Waals surface area contributed by atoms with Crippen molar-refractivity contribution >= 4 is 23.4 Å². The molecule has 1 saturated heterocycles. The average molecular weight is 696 g/mol. The molecule has 1 fully saturated rings. The van der Waals surface area contributed by atoms with Gasteiger partial charge in [0, 0.05) is 36.0 Å². The number of aliphatic hydroxyl groups excluding tert-OH is 2. The van der Waals surface area contributed by atoms with E-state index in [0.717, 1.165) is 25.7 Å². The summed E-state index contributed by atoms with van der Waals surface area (Å²) in [7, 11) is 1.31. The fourth-order valence-corrected chi connectivity index (χ4v) is 7.41. The van der Waals surface area contributed by atoms with Gasteiger partial charge in [0.15, 0.2) is 17.9 Å². The summed E-state index contributed by atoms with van der Waals surface area (Å²) in [4.78, 5) is 53.4. The minimum Gasteiger partial charge on any atom is -0.507 e. The van der Waals surface area contributed by atoms with Gasteiger partial charge in [0.25, 0.3) is 0 Å². The van der Waals surface area contributed by atoms with Gasteiger partial charge in [0.1, 0.15) is 41.7 Å². The van der Waals surface area contributed by atoms with E-state index < -0.39 is 108 Å². The number of phenols is 2. The van der Waals surface area contributed by atoms with Crippen LogP contribution in [-0.2, 0) is 25.4 Å². The number of alkyl carbamates (subject to hydrolysis) is 1. The monoisotopic (exact) mass is 695 g/mol. The topological polar surface area (TPSA) is 218 Å². The Hall–Kier alpha value is -4.34. The summed E-state index contributed by atoms with van der Waals surface area (Å²) < 4.78 is 23.0. The fourth-order valence-electron chi connectivity index (χ4n) is 7.41. The highest BCUT2D eigenvalue weighted by molar-refractivity contribution is 6.31. The van der Waals surface area contributed by atoms with Crippen LogP contribution < -0.4 is 10.1 Å². The summed E-state index contributed by atoms with van der Waals surface area (Å²) in [5.74, 6) is -3.98. The lowest BCUT2D eigenvalue weighted by molar-refractivity contribution is -0.249. The molecule has 7 atom stereocenters. The number of benzene rings is 2. The van der Waals surface area contributed by atoms with Crippen LogP contribution in [0.3, 0.4) is 0 Å². The van der Waals surface area contributed by atoms with Crippen molar-refractivity contribution < 1.29 is 63.7 Å². The summed E-state index contributed by atoms with van der Waals surface area (Å²) in [5.41, 5.74) is -3.93. The predicted octanol–water partition coefficient (Wildman–Crippen LogP) is 2.66. The molecular weight excluding hydrogens is 654 g/mol. The molecule has 14 heteroatoms. The van der Waals surface area contributed by atoms with Gasteiger partial charge in [-0.1, -0.05) is 24.6 Å². The Morgan fingerprint density at radius 1 is 1.06 bits per heavy atom. The number of phenolic OH excluding ortho intramolecular Hbond substituents is 2. The first-order chi connectivity index (χ1) is 23.9. The lowest BCUT2D eigenvalue weighted by Crippen LogP contribution is -2.56. The molecule has 0 spiro atoms. The highest BCUT2D eigenvalue weighted by Crippen LogP contribution is 2.52. The first kappa shape index (κ1) is 35.5. The molecule has 1 amide bonds. The highest BCUT2D eigenvalue weighted by Gasteiger charge is 2.50. The Kier molecular flexibility index (Phi) is 10.0. The van der Waals surface area contributed by atoms with Crippen molar-refractivity contribution in [2.75, 3.05) is 13.7 Å². The minimum atomic E-state index is -2.32. The van der Waals surface area contributed by atoms with Crippen molar-refractivity contribution in [2.24, 2.45) is 0 Å². The van der Waals surface area contributed by atoms with E-state index in [4.69, 9.17) is 18.9 Å². The summed E-state index contributed by atoms with van der Waals surface area (Å²) in [5, 5.41) is 58.1. The normalized spacial score (nSPS) is 29.8. The number of ketones is 3. The minimum absolute atomic E-state index is 0.0737. The van der Waals surface area contributed by atoms with Crippen molar-refractivity contribution in [3.63, 3.8) is 0 Å². The first-order valence-electron chi connectivity index (χ1n) is 16.7. The van der Waals surface area contributed by atoms with Crippen LogP contribution in [0.5, 0.6) is 17.2 Å². The van der Waals surface area contributed by atoms with E-state index in [0.29, 0.717) is 6.42 Å². The van der Waals surface area contributed by atoms with Crippen LogP contribution in [0.25, 0.3) is 0 Å². The van der Waals surface area contributed by atoms with Gasteiger partial charge in [0.2, 0.25) is 5.78 Å². The van der Waals surface area contributed by atoms with Crippen molar-refractivity contribution in [3.8, 4) is 17.2 Å². The standard InChI is InChI=1S/C36H41NO13/c1-17-30(40)21(37-35(45)49-18-9-6-4-3-5-7-10-18)13-25(48-17)50-23-15-36(46,24(39)16-38)14-20-27(23)34(44)29-28(32(20)42)31(41)19-11-8-12-22(47-2)26(19)33(29)43/h6,8-9,11-12,17-18,21,23,25,30,38,40,42,44,46H,3-5,7,10,13-16H2,1-2H3,(H,37,45)/b9-6+/t17-,18?,21-,23-,25-,30-,36-/m0/s1. The Bertz CT molecular complexity index is 1740. The molecule has 2 aromatic carbocycles. The number of fused-ring (bicyclic) bond motifs is 3. The van der Waals surface area contributed by atoms with Gasteiger partial charge >= 0.3 is 6.09 Å². The molecule has 3 aliphatic carbocycles. The smallest absolute Gasteiger partial charge is 0.408 e. The van der Waals surface area contributed by atoms with Gasteiger partial charge in [-0.15, -0.1) is 0 Å². The van der Waals surface area contributed by atoms with E-state index in [9.17, 15) is 44.7 Å². The van der Waals surface area contributed by atoms with Gasteiger partial charge in [-0.2, -0.15) is 0 Å². The maximum absolute atomic E-state index is 13.9. The third-order valence-electron chi connectivity index (χ3n) is 10.0. The zero-order valence-electron chi connectivity index (χ0n) is 27.7. The second kappa shape index (κ2) is 14.1. The van der Waals surface area contributed by atoms with E-state index in [-0.39, 0.29) is 34.4 Å². The number of allylic oxidation sites excluding steroid dienone is 1. The molecular formula is C36H41NO13. The zero-order chi connectivity index (χ0) is 35.9. The van der Waals surface area contributed by atoms with Crippen LogP contribution in [0, 0.1) is 0 Å². The van der Waals surface area contributed by atoms with E-state index in [1.54, 1.807) is 6.92 Å². The van der Waals surface area contributed by atoms with Crippen LogP contribution in [0.2, 0.25) is 0 Å². The average Bonchev–Trinajstić information content (AvgIpc) is 3.07. The maximum atomic E-state index is 13.9. The number of ether oxygens (including phenoxy) is 4. The first-order valence-corrected chi connectivity index (χ1v) is 16.7. The molecule has 50 heavy (non-hydrogen) atoms. The van der Waals surface area contributed by atoms with Gasteiger partial charge in [-0.25, -0.2) is 4.79 Å².